The number of nitrogens with zero attached hydrogens (tertiary/aromatic N) is 2. The molecule has 0 radical (unpaired) electrons. The first-order valence-electron chi connectivity index (χ1n) is 6.89. The van der Waals surface area contributed by atoms with E-state index >= 15 is 0 Å². The van der Waals surface area contributed by atoms with Crippen LogP contribution in [-0.4, -0.2) is 49.7 Å². The standard InChI is InChI=1S/C16H16N2O4/c17-11-14-3-1-13(2-4-14)5-6-16(20)22-12-15(19)18-7-9-21-10-8-18/h1-6H,7-10,12H2/b6-5+. The SMILES string of the molecule is N#Cc1ccc(/C=C/C(=O)OCC(=O)N2CCOCC2)cc1. The molecule has 0 bridgehead atoms. The minimum atomic E-state index is -0.578. The molecule has 6 nitrogen and oxygen atoms in total. The van der Waals surface area contributed by atoms with Gasteiger partial charge in [0.25, 0.3) is 5.91 Å². The van der Waals surface area contributed by atoms with E-state index in [0.717, 1.165) is 5.56 Å². The van der Waals surface area contributed by atoms with Gasteiger partial charge in [0.05, 0.1) is 24.8 Å². The van der Waals surface area contributed by atoms with Crippen LogP contribution in [-0.2, 0) is 19.1 Å². The summed E-state index contributed by atoms with van der Waals surface area (Å²) < 4.78 is 10.1. The van der Waals surface area contributed by atoms with E-state index < -0.39 is 5.97 Å². The van der Waals surface area contributed by atoms with Crippen molar-refractivity contribution in [3.8, 4) is 6.07 Å². The zero-order valence-electron chi connectivity index (χ0n) is 12.0. The zero-order chi connectivity index (χ0) is 15.8. The lowest BCUT2D eigenvalue weighted by Crippen LogP contribution is -2.42. The summed E-state index contributed by atoms with van der Waals surface area (Å²) in [6, 6.07) is 8.78. The van der Waals surface area contributed by atoms with E-state index in [1.54, 1.807) is 35.2 Å². The van der Waals surface area contributed by atoms with Gasteiger partial charge in [-0.3, -0.25) is 4.79 Å². The molecule has 0 N–H and O–H groups in total. The molecule has 1 aromatic rings. The number of ether oxygens (including phenoxy) is 2. The molecule has 1 aromatic carbocycles. The van der Waals surface area contributed by atoms with Gasteiger partial charge in [-0.15, -0.1) is 0 Å². The number of benzene rings is 1. The van der Waals surface area contributed by atoms with Gasteiger partial charge < -0.3 is 14.4 Å². The largest absolute Gasteiger partial charge is 0.452 e. The average molecular weight is 300 g/mol. The molecule has 22 heavy (non-hydrogen) atoms. The third-order valence-corrected chi connectivity index (χ3v) is 3.15. The Morgan fingerprint density at radius 2 is 1.95 bits per heavy atom. The fourth-order valence-corrected chi connectivity index (χ4v) is 1.92. The van der Waals surface area contributed by atoms with Crippen LogP contribution in [0.4, 0.5) is 0 Å². The Balaban J connectivity index is 1.78. The molecule has 1 heterocycles. The number of esters is 1. The van der Waals surface area contributed by atoms with Crippen LogP contribution in [0, 0.1) is 11.3 Å². The molecule has 1 saturated heterocycles. The predicted octanol–water partition coefficient (Wildman–Crippen LogP) is 0.973. The Morgan fingerprint density at radius 3 is 2.59 bits per heavy atom. The van der Waals surface area contributed by atoms with Gasteiger partial charge in [0.15, 0.2) is 6.61 Å². The van der Waals surface area contributed by atoms with Gasteiger partial charge in [0, 0.05) is 19.2 Å². The number of hydrogen-bond donors (Lipinski definition) is 0. The third kappa shape index (κ3) is 4.72. The lowest BCUT2D eigenvalue weighted by molar-refractivity contribution is -0.150. The summed E-state index contributed by atoms with van der Waals surface area (Å²) in [6.45, 7) is 1.81. The van der Waals surface area contributed by atoms with E-state index in [9.17, 15) is 9.59 Å². The van der Waals surface area contributed by atoms with Crippen molar-refractivity contribution in [2.75, 3.05) is 32.9 Å². The van der Waals surface area contributed by atoms with Crippen molar-refractivity contribution in [3.05, 3.63) is 41.5 Å². The van der Waals surface area contributed by atoms with Gasteiger partial charge >= 0.3 is 5.97 Å². The number of carbonyl (C=O) groups excluding carboxylic acids is 2. The van der Waals surface area contributed by atoms with Crippen molar-refractivity contribution < 1.29 is 19.1 Å². The maximum absolute atomic E-state index is 11.8. The maximum Gasteiger partial charge on any atom is 0.331 e. The van der Waals surface area contributed by atoms with Crippen molar-refractivity contribution in [1.29, 1.82) is 5.26 Å². The van der Waals surface area contributed by atoms with Crippen LogP contribution in [0.15, 0.2) is 30.3 Å². The van der Waals surface area contributed by atoms with Gasteiger partial charge in [-0.1, -0.05) is 12.1 Å². The Bertz CT molecular complexity index is 596. The highest BCUT2D eigenvalue weighted by Crippen LogP contribution is 2.05. The van der Waals surface area contributed by atoms with Gasteiger partial charge in [0.1, 0.15) is 0 Å². The molecular weight excluding hydrogens is 284 g/mol. The van der Waals surface area contributed by atoms with Crippen molar-refractivity contribution in [1.82, 2.24) is 4.90 Å². The molecule has 1 amide bonds. The summed E-state index contributed by atoms with van der Waals surface area (Å²) >= 11 is 0. The van der Waals surface area contributed by atoms with Gasteiger partial charge in [-0.05, 0) is 23.8 Å². The van der Waals surface area contributed by atoms with Crippen molar-refractivity contribution >= 4 is 18.0 Å². The summed E-state index contributed by atoms with van der Waals surface area (Å²) in [4.78, 5) is 25.0. The second-order valence-electron chi connectivity index (χ2n) is 4.67. The highest BCUT2D eigenvalue weighted by molar-refractivity contribution is 5.89. The fourth-order valence-electron chi connectivity index (χ4n) is 1.92. The summed E-state index contributed by atoms with van der Waals surface area (Å²) in [7, 11) is 0. The Kier molecular flexibility index (Phi) is 5.69. The number of morpholine rings is 1. The molecule has 0 atom stereocenters. The lowest BCUT2D eigenvalue weighted by Gasteiger charge is -2.26. The summed E-state index contributed by atoms with van der Waals surface area (Å²) in [6.07, 6.45) is 2.83. The number of carbonyl (C=O) groups is 2. The monoisotopic (exact) mass is 300 g/mol. The molecule has 114 valence electrons. The average Bonchev–Trinajstić information content (AvgIpc) is 2.59. The molecule has 1 fully saturated rings. The van der Waals surface area contributed by atoms with Crippen LogP contribution in [0.5, 0.6) is 0 Å². The molecule has 0 aliphatic carbocycles. The molecule has 6 heteroatoms. The Labute approximate surface area is 128 Å². The van der Waals surface area contributed by atoms with Crippen LogP contribution in [0.25, 0.3) is 6.08 Å². The Hall–Kier alpha value is -2.65. The molecule has 0 unspecified atom stereocenters. The van der Waals surface area contributed by atoms with Crippen molar-refractivity contribution in [2.45, 2.75) is 0 Å². The number of rotatable bonds is 4. The van der Waals surface area contributed by atoms with Crippen molar-refractivity contribution in [2.24, 2.45) is 0 Å². The van der Waals surface area contributed by atoms with Gasteiger partial charge in [0.2, 0.25) is 0 Å². The van der Waals surface area contributed by atoms with E-state index in [0.29, 0.717) is 31.9 Å². The smallest absolute Gasteiger partial charge is 0.331 e. The highest BCUT2D eigenvalue weighted by Gasteiger charge is 2.17. The van der Waals surface area contributed by atoms with E-state index in [4.69, 9.17) is 14.7 Å². The second kappa shape index (κ2) is 7.96. The minimum absolute atomic E-state index is 0.219. The minimum Gasteiger partial charge on any atom is -0.452 e. The van der Waals surface area contributed by atoms with E-state index in [1.165, 1.54) is 6.08 Å². The third-order valence-electron chi connectivity index (χ3n) is 3.15. The Morgan fingerprint density at radius 1 is 1.27 bits per heavy atom. The predicted molar refractivity (Wildman–Crippen MR) is 78.5 cm³/mol. The normalized spacial score (nSPS) is 14.6. The molecule has 1 aliphatic rings. The second-order valence-corrected chi connectivity index (χ2v) is 4.67. The molecule has 2 rings (SSSR count). The number of amides is 1. The molecule has 0 aromatic heterocycles. The van der Waals surface area contributed by atoms with Crippen LogP contribution in [0.3, 0.4) is 0 Å². The zero-order valence-corrected chi connectivity index (χ0v) is 12.0. The van der Waals surface area contributed by atoms with Crippen LogP contribution in [0.1, 0.15) is 11.1 Å². The molecular formula is C16H16N2O4. The number of hydrogen-bond acceptors (Lipinski definition) is 5. The van der Waals surface area contributed by atoms with Crippen LogP contribution >= 0.6 is 0 Å². The fraction of sp³-hybridized carbons (Fsp3) is 0.312. The first-order valence-corrected chi connectivity index (χ1v) is 6.89. The van der Waals surface area contributed by atoms with E-state index in [-0.39, 0.29) is 12.5 Å². The molecule has 0 saturated carbocycles. The molecule has 0 spiro atoms. The maximum atomic E-state index is 11.8. The van der Waals surface area contributed by atoms with Crippen LogP contribution < -0.4 is 0 Å². The van der Waals surface area contributed by atoms with E-state index in [1.807, 2.05) is 6.07 Å². The topological polar surface area (TPSA) is 79.6 Å². The summed E-state index contributed by atoms with van der Waals surface area (Å²) in [5, 5.41) is 8.69. The van der Waals surface area contributed by atoms with Gasteiger partial charge in [-0.2, -0.15) is 5.26 Å². The quantitative estimate of drug-likeness (QED) is 0.611. The first kappa shape index (κ1) is 15.7. The summed E-state index contributed by atoms with van der Waals surface area (Å²) in [5.41, 5.74) is 1.33. The lowest BCUT2D eigenvalue weighted by atomic mass is 10.1. The highest BCUT2D eigenvalue weighted by atomic mass is 16.5. The van der Waals surface area contributed by atoms with Crippen LogP contribution in [0.2, 0.25) is 0 Å². The summed E-state index contributed by atoms with van der Waals surface area (Å²) in [5.74, 6) is -0.797. The van der Waals surface area contributed by atoms with Crippen molar-refractivity contribution in [3.63, 3.8) is 0 Å². The number of nitriles is 1. The first-order chi connectivity index (χ1) is 10.7. The van der Waals surface area contributed by atoms with E-state index in [2.05, 4.69) is 0 Å². The molecule has 1 aliphatic heterocycles. The van der Waals surface area contributed by atoms with Gasteiger partial charge in [-0.25, -0.2) is 4.79 Å².